The van der Waals surface area contributed by atoms with E-state index in [1.165, 1.54) is 0 Å². The maximum Gasteiger partial charge on any atom is 0.196 e. The summed E-state index contributed by atoms with van der Waals surface area (Å²) in [6, 6.07) is 22.7. The average Bonchev–Trinajstić information content (AvgIpc) is 3.27. The minimum absolute atomic E-state index is 0.0445. The van der Waals surface area contributed by atoms with Gasteiger partial charge in [0.2, 0.25) is 0 Å². The van der Waals surface area contributed by atoms with E-state index < -0.39 is 0 Å². The van der Waals surface area contributed by atoms with E-state index in [0.29, 0.717) is 45.6 Å². The number of hydrogen-bond donors (Lipinski definition) is 1. The van der Waals surface area contributed by atoms with Crippen LogP contribution >= 0.6 is 23.7 Å². The van der Waals surface area contributed by atoms with Gasteiger partial charge in [0, 0.05) is 22.0 Å². The Bertz CT molecular complexity index is 1570. The van der Waals surface area contributed by atoms with E-state index in [1.807, 2.05) is 73.0 Å². The van der Waals surface area contributed by atoms with Gasteiger partial charge in [0.1, 0.15) is 11.3 Å². The van der Waals surface area contributed by atoms with E-state index >= 15 is 0 Å². The fourth-order valence-electron chi connectivity index (χ4n) is 4.23. The number of aromatic nitrogens is 4. The van der Waals surface area contributed by atoms with Crippen LogP contribution in [0.1, 0.15) is 40.3 Å². The molecule has 0 unspecified atom stereocenters. The number of nitrogens with one attached hydrogen (secondary N) is 1. The van der Waals surface area contributed by atoms with Gasteiger partial charge in [-0.05, 0) is 55.3 Å². The third-order valence-electron chi connectivity index (χ3n) is 6.08. The van der Waals surface area contributed by atoms with Crippen LogP contribution in [-0.2, 0) is 6.54 Å². The normalized spacial score (nSPS) is 12.0. The summed E-state index contributed by atoms with van der Waals surface area (Å²) in [6.07, 6.45) is 0.621. The quantitative estimate of drug-likeness (QED) is 0.209. The maximum absolute atomic E-state index is 13.0. The van der Waals surface area contributed by atoms with Crippen LogP contribution < -0.4 is 5.32 Å². The van der Waals surface area contributed by atoms with E-state index in [2.05, 4.69) is 21.4 Å². The van der Waals surface area contributed by atoms with Gasteiger partial charge in [-0.25, -0.2) is 15.0 Å². The number of nitrogens with zero attached hydrogens (tertiary/aromatic N) is 4. The summed E-state index contributed by atoms with van der Waals surface area (Å²) in [6.45, 7) is 4.48. The first-order valence-electron chi connectivity index (χ1n) is 11.6. The van der Waals surface area contributed by atoms with Crippen LogP contribution in [-0.4, -0.2) is 25.8 Å². The van der Waals surface area contributed by atoms with E-state index in [9.17, 15) is 8.68 Å². The van der Waals surface area contributed by atoms with Crippen LogP contribution in [0, 0.1) is 6.92 Å². The molecule has 1 atom stereocenters. The monoisotopic (exact) mass is 531 g/mol. The molecule has 3 aromatic carbocycles. The Kier molecular flexibility index (Phi) is 7.21. The molecule has 2 heterocycles. The molecule has 0 bridgehead atoms. The minimum atomic E-state index is -0.137. The van der Waals surface area contributed by atoms with E-state index in [0.717, 1.165) is 22.3 Å². The lowest BCUT2D eigenvalue weighted by Crippen LogP contribution is -2.12. The summed E-state index contributed by atoms with van der Waals surface area (Å²) in [5.41, 5.74) is 5.06. The third-order valence-corrected chi connectivity index (χ3v) is 6.78. The first-order chi connectivity index (χ1) is 17.9. The molecule has 2 aromatic heterocycles. The second-order valence-corrected chi connectivity index (χ2v) is 9.81. The van der Waals surface area contributed by atoms with Crippen LogP contribution in [0.15, 0.2) is 77.7 Å². The lowest BCUT2D eigenvalue weighted by molar-refractivity contribution is 0.111. The molecule has 0 saturated carbocycles. The van der Waals surface area contributed by atoms with Gasteiger partial charge in [0.15, 0.2) is 23.6 Å². The molecule has 0 amide bonds. The number of carbonyl (C=O) groups excluding carboxylic acids is 1. The van der Waals surface area contributed by atoms with Crippen molar-refractivity contribution in [2.45, 2.75) is 31.3 Å². The summed E-state index contributed by atoms with van der Waals surface area (Å²) < 4.78 is 15.0. The number of carbonyl (C=O) groups is 1. The fourth-order valence-corrected chi connectivity index (χ4v) is 4.60. The molecule has 0 aliphatic heterocycles. The van der Waals surface area contributed by atoms with Crippen LogP contribution in [0.4, 0.5) is 9.70 Å². The molecule has 9 heteroatoms. The van der Waals surface area contributed by atoms with Gasteiger partial charge < -0.3 is 9.88 Å². The Morgan fingerprint density at radius 3 is 2.49 bits per heavy atom. The molecule has 5 aromatic rings. The second-order valence-electron chi connectivity index (χ2n) is 8.75. The SMILES string of the molecule is Cc1cccc(-c2nc3nc(C=O)nc(N[C@H](C)c4ccc(Cl)cc4)c3n2Cc2ccc(SF)cc2)c1. The Hall–Kier alpha value is -3.75. The van der Waals surface area contributed by atoms with Crippen molar-refractivity contribution in [1.82, 2.24) is 19.5 Å². The summed E-state index contributed by atoms with van der Waals surface area (Å²) in [5.74, 6) is 1.24. The predicted octanol–water partition coefficient (Wildman–Crippen LogP) is 7.47. The van der Waals surface area contributed by atoms with Crippen molar-refractivity contribution in [3.63, 3.8) is 0 Å². The first kappa shape index (κ1) is 24.9. The van der Waals surface area contributed by atoms with Crippen molar-refractivity contribution < 1.29 is 8.68 Å². The molecule has 5 rings (SSSR count). The van der Waals surface area contributed by atoms with Gasteiger partial charge in [-0.3, -0.25) is 4.79 Å². The topological polar surface area (TPSA) is 72.7 Å². The molecule has 186 valence electrons. The van der Waals surface area contributed by atoms with Gasteiger partial charge in [0.05, 0.1) is 18.2 Å². The van der Waals surface area contributed by atoms with Gasteiger partial charge >= 0.3 is 0 Å². The van der Waals surface area contributed by atoms with Crippen LogP contribution in [0.3, 0.4) is 0 Å². The fraction of sp³-hybridized carbons (Fsp3) is 0.143. The number of aryl methyl sites for hydroxylation is 1. The van der Waals surface area contributed by atoms with Crippen molar-refractivity contribution in [1.29, 1.82) is 0 Å². The highest BCUT2D eigenvalue weighted by molar-refractivity contribution is 7.94. The van der Waals surface area contributed by atoms with E-state index in [4.69, 9.17) is 16.6 Å². The highest BCUT2D eigenvalue weighted by Crippen LogP contribution is 2.32. The summed E-state index contributed by atoms with van der Waals surface area (Å²) in [7, 11) is 0. The summed E-state index contributed by atoms with van der Waals surface area (Å²) in [5, 5.41) is 4.10. The highest BCUT2D eigenvalue weighted by Gasteiger charge is 2.21. The van der Waals surface area contributed by atoms with Crippen molar-refractivity contribution >= 4 is 47.0 Å². The molecular formula is C28H23ClFN5OS. The number of hydrogen-bond acceptors (Lipinski definition) is 6. The number of benzene rings is 3. The van der Waals surface area contributed by atoms with Gasteiger partial charge in [-0.2, -0.15) is 3.89 Å². The molecule has 0 aliphatic carbocycles. The summed E-state index contributed by atoms with van der Waals surface area (Å²) >= 11 is 6.28. The molecule has 1 N–H and O–H groups in total. The molecule has 0 fully saturated rings. The van der Waals surface area contributed by atoms with Crippen molar-refractivity contribution in [2.24, 2.45) is 0 Å². The Labute approximate surface area is 223 Å². The van der Waals surface area contributed by atoms with Gasteiger partial charge in [-0.15, -0.1) is 0 Å². The predicted molar refractivity (Wildman–Crippen MR) is 147 cm³/mol. The lowest BCUT2D eigenvalue weighted by Gasteiger charge is -2.17. The standard InChI is InChI=1S/C28H23ClFN5OS/c1-17-4-3-5-21(14-17)28-34-27-25(35(28)15-19-6-12-23(37-30)13-7-19)26(32-24(16-36)33-27)31-18(2)20-8-10-22(29)11-9-20/h3-14,16,18H,15H2,1-2H3,(H,31,32,33)/t18-/m1/s1. The van der Waals surface area contributed by atoms with Gasteiger partial charge in [0.25, 0.3) is 0 Å². The van der Waals surface area contributed by atoms with Crippen LogP contribution in [0.5, 0.6) is 0 Å². The van der Waals surface area contributed by atoms with Crippen LogP contribution in [0.2, 0.25) is 5.02 Å². The number of fused-ring (bicyclic) bond motifs is 1. The number of halogens is 2. The zero-order valence-corrected chi connectivity index (χ0v) is 21.7. The number of rotatable bonds is 8. The molecule has 0 radical (unpaired) electrons. The van der Waals surface area contributed by atoms with Crippen molar-refractivity contribution in [3.8, 4) is 11.4 Å². The average molecular weight is 532 g/mol. The van der Waals surface area contributed by atoms with E-state index in [-0.39, 0.29) is 24.0 Å². The van der Waals surface area contributed by atoms with E-state index in [1.54, 1.807) is 12.1 Å². The Morgan fingerprint density at radius 2 is 1.81 bits per heavy atom. The van der Waals surface area contributed by atoms with Crippen LogP contribution in [0.25, 0.3) is 22.6 Å². The Balaban J connectivity index is 1.68. The van der Waals surface area contributed by atoms with Gasteiger partial charge in [-0.1, -0.05) is 59.6 Å². The van der Waals surface area contributed by atoms with Crippen molar-refractivity contribution in [2.75, 3.05) is 5.32 Å². The van der Waals surface area contributed by atoms with Crippen molar-refractivity contribution in [3.05, 3.63) is 100 Å². The molecule has 37 heavy (non-hydrogen) atoms. The number of aldehydes is 1. The smallest absolute Gasteiger partial charge is 0.196 e. The minimum Gasteiger partial charge on any atom is -0.362 e. The zero-order chi connectivity index (χ0) is 25.9. The highest BCUT2D eigenvalue weighted by atomic mass is 35.5. The zero-order valence-electron chi connectivity index (χ0n) is 20.2. The molecule has 0 spiro atoms. The molecule has 6 nitrogen and oxygen atoms in total. The number of anilines is 1. The number of imidazole rings is 1. The molecular weight excluding hydrogens is 509 g/mol. The first-order valence-corrected chi connectivity index (χ1v) is 12.7. The Morgan fingerprint density at radius 1 is 1.05 bits per heavy atom. The molecule has 0 aliphatic rings. The molecule has 0 saturated heterocycles. The summed E-state index contributed by atoms with van der Waals surface area (Å²) in [4.78, 5) is 26.1. The second kappa shape index (κ2) is 10.7. The largest absolute Gasteiger partial charge is 0.362 e. The maximum atomic E-state index is 13.0. The lowest BCUT2D eigenvalue weighted by atomic mass is 10.1. The third kappa shape index (κ3) is 5.35.